The molecule has 5 heteroatoms. The third-order valence-corrected chi connectivity index (χ3v) is 2.68. The number of hydrogen-bond donors (Lipinski definition) is 1. The van der Waals surface area contributed by atoms with Gasteiger partial charge in [-0.2, -0.15) is 4.98 Å². The fourth-order valence-corrected chi connectivity index (χ4v) is 1.47. The number of pyridine rings is 1. The van der Waals surface area contributed by atoms with E-state index >= 15 is 0 Å². The first-order valence-corrected chi connectivity index (χ1v) is 4.67. The van der Waals surface area contributed by atoms with E-state index < -0.39 is 0 Å². The highest BCUT2D eigenvalue weighted by Gasteiger charge is 2.13. The molecule has 12 heavy (non-hydrogen) atoms. The highest BCUT2D eigenvalue weighted by atomic mass is 79.9. The monoisotopic (exact) mass is 248 g/mol. The van der Waals surface area contributed by atoms with Gasteiger partial charge in [-0.1, -0.05) is 11.6 Å². The molecule has 1 aliphatic rings. The number of nitrogens with one attached hydrogen (secondary N) is 1. The Balaban J connectivity index is 2.49. The van der Waals surface area contributed by atoms with E-state index in [-0.39, 0.29) is 0 Å². The molecule has 2 rings (SSSR count). The summed E-state index contributed by atoms with van der Waals surface area (Å²) in [6, 6.07) is 1.86. The zero-order valence-corrected chi connectivity index (χ0v) is 8.44. The molecule has 0 radical (unpaired) electrons. The normalized spacial score (nSPS) is 14.5. The molecule has 0 aliphatic carbocycles. The van der Waals surface area contributed by atoms with E-state index in [1.165, 1.54) is 0 Å². The average Bonchev–Trinajstić information content (AvgIpc) is 2.07. The Hall–Kier alpha value is -0.480. The molecule has 0 spiro atoms. The maximum atomic E-state index is 5.78. The topological polar surface area (TPSA) is 34.2 Å². The lowest BCUT2D eigenvalue weighted by Gasteiger charge is -2.18. The van der Waals surface area contributed by atoms with Gasteiger partial charge in [0.05, 0.1) is 10.2 Å². The van der Waals surface area contributed by atoms with Crippen LogP contribution in [-0.4, -0.2) is 18.1 Å². The molecule has 0 atom stereocenters. The van der Waals surface area contributed by atoms with Gasteiger partial charge in [0.1, 0.15) is 11.8 Å². The minimum atomic E-state index is 0.428. The van der Waals surface area contributed by atoms with Crippen molar-refractivity contribution in [1.82, 2.24) is 4.98 Å². The molecular formula is C7H6BrClN2O. The first-order chi connectivity index (χ1) is 5.77. The summed E-state index contributed by atoms with van der Waals surface area (Å²) in [5, 5.41) is 3.58. The van der Waals surface area contributed by atoms with Crippen molar-refractivity contribution in [2.75, 3.05) is 18.5 Å². The predicted molar refractivity (Wildman–Crippen MR) is 50.9 cm³/mol. The van der Waals surface area contributed by atoms with Crippen LogP contribution in [0.25, 0.3) is 0 Å². The standard InChI is InChI=1S/C7H6BrClN2O/c8-4-3-5-7(11-6(4)9)12-2-1-10-5/h3,10H,1-2H2. The van der Waals surface area contributed by atoms with Crippen LogP contribution in [0.4, 0.5) is 5.69 Å². The third-order valence-electron chi connectivity index (χ3n) is 1.55. The van der Waals surface area contributed by atoms with E-state index in [0.717, 1.165) is 16.7 Å². The zero-order chi connectivity index (χ0) is 8.55. The molecule has 0 fully saturated rings. The molecule has 0 aromatic carbocycles. The molecule has 64 valence electrons. The second-order valence-electron chi connectivity index (χ2n) is 2.39. The van der Waals surface area contributed by atoms with Gasteiger partial charge in [-0.3, -0.25) is 0 Å². The molecule has 1 N–H and O–H groups in total. The molecule has 2 heterocycles. The lowest BCUT2D eigenvalue weighted by Crippen LogP contribution is -2.18. The van der Waals surface area contributed by atoms with Crippen LogP contribution in [0.2, 0.25) is 5.15 Å². The number of fused-ring (bicyclic) bond motifs is 1. The number of nitrogens with zero attached hydrogens (tertiary/aromatic N) is 1. The highest BCUT2D eigenvalue weighted by molar-refractivity contribution is 9.10. The molecule has 0 amide bonds. The van der Waals surface area contributed by atoms with Gasteiger partial charge >= 0.3 is 0 Å². The minimum Gasteiger partial charge on any atom is -0.474 e. The maximum Gasteiger partial charge on any atom is 0.238 e. The van der Waals surface area contributed by atoms with E-state index in [9.17, 15) is 0 Å². The number of hydrogen-bond acceptors (Lipinski definition) is 3. The van der Waals surface area contributed by atoms with E-state index in [1.54, 1.807) is 0 Å². The Bertz CT molecular complexity index is 288. The smallest absolute Gasteiger partial charge is 0.238 e. The Labute approximate surface area is 83.2 Å². The molecule has 1 aromatic heterocycles. The zero-order valence-electron chi connectivity index (χ0n) is 6.10. The van der Waals surface area contributed by atoms with Gasteiger partial charge < -0.3 is 10.1 Å². The third kappa shape index (κ3) is 1.36. The summed E-state index contributed by atoms with van der Waals surface area (Å²) in [6.45, 7) is 1.45. The maximum absolute atomic E-state index is 5.78. The fourth-order valence-electron chi connectivity index (χ4n) is 1.02. The fraction of sp³-hybridized carbons (Fsp3) is 0.286. The SMILES string of the molecule is Clc1nc2c(cc1Br)NCCO2. The molecule has 3 nitrogen and oxygen atoms in total. The van der Waals surface area contributed by atoms with Gasteiger partial charge in [-0.15, -0.1) is 0 Å². The minimum absolute atomic E-state index is 0.428. The van der Waals surface area contributed by atoms with Crippen molar-refractivity contribution in [2.24, 2.45) is 0 Å². The summed E-state index contributed by atoms with van der Waals surface area (Å²) in [6.07, 6.45) is 0. The first kappa shape index (κ1) is 8.13. The second-order valence-corrected chi connectivity index (χ2v) is 3.60. The van der Waals surface area contributed by atoms with Gasteiger partial charge in [-0.25, -0.2) is 0 Å². The van der Waals surface area contributed by atoms with Crippen molar-refractivity contribution in [1.29, 1.82) is 0 Å². The quantitative estimate of drug-likeness (QED) is 0.717. The van der Waals surface area contributed by atoms with Gasteiger partial charge in [0.15, 0.2) is 0 Å². The van der Waals surface area contributed by atoms with Crippen molar-refractivity contribution >= 4 is 33.2 Å². The molecular weight excluding hydrogens is 243 g/mol. The molecule has 0 saturated carbocycles. The Morgan fingerprint density at radius 3 is 3.33 bits per heavy atom. The van der Waals surface area contributed by atoms with Crippen molar-refractivity contribution < 1.29 is 4.74 Å². The van der Waals surface area contributed by atoms with Crippen LogP contribution < -0.4 is 10.1 Å². The summed E-state index contributed by atoms with van der Waals surface area (Å²) in [4.78, 5) is 4.05. The number of aromatic nitrogens is 1. The summed E-state index contributed by atoms with van der Waals surface area (Å²) >= 11 is 9.06. The lowest BCUT2D eigenvalue weighted by molar-refractivity contribution is 0.310. The molecule has 0 bridgehead atoms. The number of rotatable bonds is 0. The summed E-state index contributed by atoms with van der Waals surface area (Å²) in [5.41, 5.74) is 0.887. The van der Waals surface area contributed by atoms with Crippen LogP contribution in [0.3, 0.4) is 0 Å². The molecule has 0 saturated heterocycles. The Morgan fingerprint density at radius 1 is 1.67 bits per heavy atom. The van der Waals surface area contributed by atoms with Crippen LogP contribution >= 0.6 is 27.5 Å². The van der Waals surface area contributed by atoms with E-state index in [2.05, 4.69) is 26.2 Å². The van der Waals surface area contributed by atoms with Gasteiger partial charge in [0, 0.05) is 6.54 Å². The van der Waals surface area contributed by atoms with Crippen molar-refractivity contribution in [3.05, 3.63) is 15.7 Å². The lowest BCUT2D eigenvalue weighted by atomic mass is 10.3. The largest absolute Gasteiger partial charge is 0.474 e. The summed E-state index contributed by atoms with van der Waals surface area (Å²) in [5.74, 6) is 0.578. The van der Waals surface area contributed by atoms with Crippen LogP contribution in [0.5, 0.6) is 5.88 Å². The van der Waals surface area contributed by atoms with Crippen molar-refractivity contribution in [3.63, 3.8) is 0 Å². The Morgan fingerprint density at radius 2 is 2.50 bits per heavy atom. The van der Waals surface area contributed by atoms with Gasteiger partial charge in [-0.05, 0) is 22.0 Å². The highest BCUT2D eigenvalue weighted by Crippen LogP contribution is 2.32. The number of halogens is 2. The van der Waals surface area contributed by atoms with E-state index in [1.807, 2.05) is 6.07 Å². The molecule has 0 unspecified atom stereocenters. The number of ether oxygens (including phenoxy) is 1. The van der Waals surface area contributed by atoms with Crippen LogP contribution in [0.1, 0.15) is 0 Å². The van der Waals surface area contributed by atoms with Crippen LogP contribution in [-0.2, 0) is 0 Å². The molecule has 1 aliphatic heterocycles. The summed E-state index contributed by atoms with van der Waals surface area (Å²) < 4.78 is 6.06. The van der Waals surface area contributed by atoms with Crippen molar-refractivity contribution in [2.45, 2.75) is 0 Å². The summed E-state index contributed by atoms with van der Waals surface area (Å²) in [7, 11) is 0. The van der Waals surface area contributed by atoms with Crippen LogP contribution in [0, 0.1) is 0 Å². The Kier molecular flexibility index (Phi) is 2.11. The second kappa shape index (κ2) is 3.11. The predicted octanol–water partition coefficient (Wildman–Crippen LogP) is 2.30. The van der Waals surface area contributed by atoms with Crippen molar-refractivity contribution in [3.8, 4) is 5.88 Å². The average molecular weight is 249 g/mol. The van der Waals surface area contributed by atoms with E-state index in [4.69, 9.17) is 16.3 Å². The van der Waals surface area contributed by atoms with E-state index in [0.29, 0.717) is 17.6 Å². The number of anilines is 1. The first-order valence-electron chi connectivity index (χ1n) is 3.50. The van der Waals surface area contributed by atoms with Gasteiger partial charge in [0.25, 0.3) is 0 Å². The molecule has 1 aromatic rings. The van der Waals surface area contributed by atoms with Gasteiger partial charge in [0.2, 0.25) is 5.88 Å². The van der Waals surface area contributed by atoms with Crippen LogP contribution in [0.15, 0.2) is 10.5 Å².